The number of amides is 1. The number of carbonyl (C=O) groups excluding carboxylic acids is 1. The van der Waals surface area contributed by atoms with Crippen LogP contribution in [-0.2, 0) is 11.4 Å². The maximum atomic E-state index is 12.6. The van der Waals surface area contributed by atoms with E-state index in [1.54, 1.807) is 0 Å². The van der Waals surface area contributed by atoms with Gasteiger partial charge in [-0.15, -0.1) is 0 Å². The Morgan fingerprint density at radius 3 is 2.23 bits per heavy atom. The van der Waals surface area contributed by atoms with Crippen molar-refractivity contribution < 1.29 is 9.53 Å². The van der Waals surface area contributed by atoms with Gasteiger partial charge in [-0.3, -0.25) is 4.79 Å². The Morgan fingerprint density at radius 2 is 1.55 bits per heavy atom. The molecule has 2 N–H and O–H groups in total. The van der Waals surface area contributed by atoms with Crippen LogP contribution in [0, 0.1) is 0 Å². The standard InChI is InChI=1S/C26H29N3O2/c1-20(27-22-9-13-24(14-10-22)29-17-5-6-18-29)26(30)28-23-11-15-25(16-12-23)31-19-21-7-3-2-4-8-21/h2-4,7-16,20,27H,5-6,17-19H2,1H3,(H,28,30)/t20-/m1/s1. The van der Waals surface area contributed by atoms with E-state index >= 15 is 0 Å². The summed E-state index contributed by atoms with van der Waals surface area (Å²) < 4.78 is 5.80. The summed E-state index contributed by atoms with van der Waals surface area (Å²) in [6.45, 7) is 4.63. The number of nitrogens with zero attached hydrogens (tertiary/aromatic N) is 1. The van der Waals surface area contributed by atoms with Crippen LogP contribution in [0.1, 0.15) is 25.3 Å². The van der Waals surface area contributed by atoms with E-state index in [4.69, 9.17) is 4.74 Å². The fourth-order valence-corrected chi connectivity index (χ4v) is 3.69. The highest BCUT2D eigenvalue weighted by Crippen LogP contribution is 2.23. The van der Waals surface area contributed by atoms with Gasteiger partial charge in [0.15, 0.2) is 0 Å². The highest BCUT2D eigenvalue weighted by Gasteiger charge is 2.15. The van der Waals surface area contributed by atoms with E-state index in [0.29, 0.717) is 6.61 Å². The molecule has 0 aromatic heterocycles. The molecule has 1 fully saturated rings. The number of nitrogens with one attached hydrogen (secondary N) is 2. The largest absolute Gasteiger partial charge is 0.489 e. The van der Waals surface area contributed by atoms with E-state index in [9.17, 15) is 4.79 Å². The molecule has 0 bridgehead atoms. The SMILES string of the molecule is C[C@@H](Nc1ccc(N2CCCC2)cc1)C(=O)Nc1ccc(OCc2ccccc2)cc1. The van der Waals surface area contributed by atoms with Crippen LogP contribution in [0.3, 0.4) is 0 Å². The number of anilines is 3. The van der Waals surface area contributed by atoms with Gasteiger partial charge in [-0.05, 0) is 73.9 Å². The molecule has 0 saturated carbocycles. The van der Waals surface area contributed by atoms with Gasteiger partial charge in [0.25, 0.3) is 0 Å². The van der Waals surface area contributed by atoms with Gasteiger partial charge in [0, 0.05) is 30.2 Å². The highest BCUT2D eigenvalue weighted by atomic mass is 16.5. The van der Waals surface area contributed by atoms with Gasteiger partial charge in [0.2, 0.25) is 5.91 Å². The first-order valence-electron chi connectivity index (χ1n) is 10.9. The molecule has 1 aliphatic rings. The monoisotopic (exact) mass is 415 g/mol. The van der Waals surface area contributed by atoms with E-state index < -0.39 is 0 Å². The summed E-state index contributed by atoms with van der Waals surface area (Å²) in [5.74, 6) is 0.688. The lowest BCUT2D eigenvalue weighted by molar-refractivity contribution is -0.116. The Labute approximate surface area is 184 Å². The third-order valence-corrected chi connectivity index (χ3v) is 5.49. The van der Waals surface area contributed by atoms with Crippen molar-refractivity contribution in [2.24, 2.45) is 0 Å². The summed E-state index contributed by atoms with van der Waals surface area (Å²) in [4.78, 5) is 15.0. The van der Waals surface area contributed by atoms with Crippen LogP contribution >= 0.6 is 0 Å². The summed E-state index contributed by atoms with van der Waals surface area (Å²) >= 11 is 0. The minimum Gasteiger partial charge on any atom is -0.489 e. The van der Waals surface area contributed by atoms with E-state index in [0.717, 1.165) is 35.8 Å². The van der Waals surface area contributed by atoms with Crippen molar-refractivity contribution in [2.45, 2.75) is 32.4 Å². The Bertz CT molecular complexity index is 966. The lowest BCUT2D eigenvalue weighted by Gasteiger charge is -2.19. The van der Waals surface area contributed by atoms with Gasteiger partial charge in [-0.1, -0.05) is 30.3 Å². The van der Waals surface area contributed by atoms with Crippen molar-refractivity contribution in [3.8, 4) is 5.75 Å². The van der Waals surface area contributed by atoms with Crippen LogP contribution in [0.25, 0.3) is 0 Å². The van der Waals surface area contributed by atoms with Crippen LogP contribution < -0.4 is 20.3 Å². The molecule has 5 heteroatoms. The summed E-state index contributed by atoms with van der Waals surface area (Å²) in [6.07, 6.45) is 2.52. The van der Waals surface area contributed by atoms with E-state index in [-0.39, 0.29) is 11.9 Å². The minimum absolute atomic E-state index is 0.0819. The molecular formula is C26H29N3O2. The summed E-state index contributed by atoms with van der Waals surface area (Å²) in [5, 5.41) is 6.23. The first-order valence-corrected chi connectivity index (χ1v) is 10.9. The second-order valence-electron chi connectivity index (χ2n) is 7.89. The molecule has 4 rings (SSSR count). The molecule has 3 aromatic rings. The van der Waals surface area contributed by atoms with Gasteiger partial charge >= 0.3 is 0 Å². The second-order valence-corrected chi connectivity index (χ2v) is 7.89. The Morgan fingerprint density at radius 1 is 0.903 bits per heavy atom. The van der Waals surface area contributed by atoms with Gasteiger partial charge in [-0.2, -0.15) is 0 Å². The lowest BCUT2D eigenvalue weighted by Crippen LogP contribution is -2.31. The van der Waals surface area contributed by atoms with Crippen molar-refractivity contribution in [2.75, 3.05) is 28.6 Å². The van der Waals surface area contributed by atoms with Gasteiger partial charge < -0.3 is 20.3 Å². The van der Waals surface area contributed by atoms with Crippen LogP contribution in [-0.4, -0.2) is 25.0 Å². The first kappa shape index (κ1) is 20.8. The first-order chi connectivity index (χ1) is 15.2. The quantitative estimate of drug-likeness (QED) is 0.524. The molecule has 0 unspecified atom stereocenters. The predicted molar refractivity (Wildman–Crippen MR) is 127 cm³/mol. The second kappa shape index (κ2) is 10.0. The molecule has 0 radical (unpaired) electrons. The minimum atomic E-state index is -0.355. The average molecular weight is 416 g/mol. The highest BCUT2D eigenvalue weighted by molar-refractivity contribution is 5.96. The number of carbonyl (C=O) groups is 1. The normalized spacial score (nSPS) is 14.2. The topological polar surface area (TPSA) is 53.6 Å². The third kappa shape index (κ3) is 5.79. The molecule has 1 atom stereocenters. The lowest BCUT2D eigenvalue weighted by atomic mass is 10.2. The zero-order valence-electron chi connectivity index (χ0n) is 17.9. The van der Waals surface area contributed by atoms with Crippen molar-refractivity contribution in [3.05, 3.63) is 84.4 Å². The fraction of sp³-hybridized carbons (Fsp3) is 0.269. The number of hydrogen-bond donors (Lipinski definition) is 2. The maximum Gasteiger partial charge on any atom is 0.246 e. The number of hydrogen-bond acceptors (Lipinski definition) is 4. The molecule has 3 aromatic carbocycles. The molecule has 1 aliphatic heterocycles. The molecular weight excluding hydrogens is 386 g/mol. The van der Waals surface area contributed by atoms with Crippen LogP contribution in [0.4, 0.5) is 17.1 Å². The fourth-order valence-electron chi connectivity index (χ4n) is 3.69. The van der Waals surface area contributed by atoms with Gasteiger partial charge in [0.05, 0.1) is 0 Å². The van der Waals surface area contributed by atoms with Crippen molar-refractivity contribution >= 4 is 23.0 Å². The van der Waals surface area contributed by atoms with Crippen LogP contribution in [0.5, 0.6) is 5.75 Å². The van der Waals surface area contributed by atoms with E-state index in [1.165, 1.54) is 18.5 Å². The smallest absolute Gasteiger partial charge is 0.246 e. The zero-order valence-corrected chi connectivity index (χ0v) is 17.9. The summed E-state index contributed by atoms with van der Waals surface area (Å²) in [7, 11) is 0. The number of benzene rings is 3. The average Bonchev–Trinajstić information content (AvgIpc) is 3.35. The van der Waals surface area contributed by atoms with E-state index in [1.807, 2.05) is 73.7 Å². The van der Waals surface area contributed by atoms with Crippen molar-refractivity contribution in [1.29, 1.82) is 0 Å². The summed E-state index contributed by atoms with van der Waals surface area (Å²) in [5.41, 5.74) is 4.05. The van der Waals surface area contributed by atoms with Crippen molar-refractivity contribution in [1.82, 2.24) is 0 Å². The molecule has 0 aliphatic carbocycles. The number of rotatable bonds is 8. The molecule has 1 amide bonds. The van der Waals surface area contributed by atoms with Gasteiger partial charge in [0.1, 0.15) is 18.4 Å². The van der Waals surface area contributed by atoms with E-state index in [2.05, 4.69) is 27.7 Å². The van der Waals surface area contributed by atoms with Crippen LogP contribution in [0.2, 0.25) is 0 Å². The Balaban J connectivity index is 1.26. The maximum absolute atomic E-state index is 12.6. The Kier molecular flexibility index (Phi) is 6.72. The number of ether oxygens (including phenoxy) is 1. The molecule has 31 heavy (non-hydrogen) atoms. The molecule has 0 spiro atoms. The molecule has 5 nitrogen and oxygen atoms in total. The molecule has 160 valence electrons. The van der Waals surface area contributed by atoms with Gasteiger partial charge in [-0.25, -0.2) is 0 Å². The predicted octanol–water partition coefficient (Wildman–Crippen LogP) is 5.30. The summed E-state index contributed by atoms with van der Waals surface area (Å²) in [6, 6.07) is 25.4. The third-order valence-electron chi connectivity index (χ3n) is 5.49. The Hall–Kier alpha value is -3.47. The van der Waals surface area contributed by atoms with Crippen molar-refractivity contribution in [3.63, 3.8) is 0 Å². The zero-order chi connectivity index (χ0) is 21.5. The van der Waals surface area contributed by atoms with Crippen LogP contribution in [0.15, 0.2) is 78.9 Å². The molecule has 1 saturated heterocycles. The molecule has 1 heterocycles.